The number of rotatable bonds is 10. The number of nitrogens with zero attached hydrogens (tertiary/aromatic N) is 2. The fourth-order valence-electron chi connectivity index (χ4n) is 6.22. The largest absolute Gasteiger partial charge is 0.311 e. The van der Waals surface area contributed by atoms with E-state index in [9.17, 15) is 0 Å². The van der Waals surface area contributed by atoms with E-state index in [1.165, 1.54) is 12.2 Å². The van der Waals surface area contributed by atoms with E-state index in [-0.39, 0.29) is 0 Å². The molecule has 266 valence electrons. The van der Waals surface area contributed by atoms with Crippen LogP contribution in [-0.2, 0) is 0 Å². The smallest absolute Gasteiger partial charge is 0.169 e. The van der Waals surface area contributed by atoms with Gasteiger partial charge in [-0.15, -0.1) is 0 Å². The number of benzene rings is 7. The minimum absolute atomic E-state index is 0.593. The van der Waals surface area contributed by atoms with E-state index in [0.717, 1.165) is 57.4 Å². The number of para-hydroxylation sites is 2. The molecule has 0 amide bonds. The van der Waals surface area contributed by atoms with Crippen molar-refractivity contribution >= 4 is 58.4 Å². The van der Waals surface area contributed by atoms with E-state index < -0.39 is 34.4 Å². The van der Waals surface area contributed by atoms with Gasteiger partial charge < -0.3 is 9.80 Å². The van der Waals surface area contributed by atoms with Gasteiger partial charge >= 0.3 is 0 Å². The first-order chi connectivity index (χ1) is 26.3. The van der Waals surface area contributed by atoms with E-state index >= 15 is 17.6 Å². The SMILES string of the molecule is Cc1ccc(N(c2ccccc2)c2ccc(/C=C/c3c(F)c(F)c(/C=C/c4ccc(N(c5ccccc5)c5ccc(C)cc5)cc4)c(F)c3F)cc2)cc1. The highest BCUT2D eigenvalue weighted by molar-refractivity contribution is 5.80. The van der Waals surface area contributed by atoms with Crippen LogP contribution in [0.15, 0.2) is 158 Å². The Morgan fingerprint density at radius 2 is 0.574 bits per heavy atom. The fourth-order valence-corrected chi connectivity index (χ4v) is 6.22. The molecule has 0 unspecified atom stereocenters. The maximum Gasteiger partial charge on any atom is 0.169 e. The van der Waals surface area contributed by atoms with Crippen molar-refractivity contribution in [3.63, 3.8) is 0 Å². The van der Waals surface area contributed by atoms with Gasteiger partial charge in [0.25, 0.3) is 0 Å². The Hall–Kier alpha value is -6.66. The number of halogens is 4. The molecule has 0 N–H and O–H groups in total. The Kier molecular flexibility index (Phi) is 10.5. The van der Waals surface area contributed by atoms with Gasteiger partial charge in [0, 0.05) is 34.1 Å². The Morgan fingerprint density at radius 3 is 0.870 bits per heavy atom. The lowest BCUT2D eigenvalue weighted by atomic mass is 10.0. The standard InChI is InChI=1S/C48H36F4N2/c1-33-13-23-39(24-14-33)53(37-9-5-3-6-10-37)41-27-17-35(18-28-41)21-31-43-45(49)47(51)44(48(52)46(43)50)32-22-36-19-29-42(30-20-36)54(38-11-7-4-8-12-38)40-25-15-34(2)16-26-40/h3-32H,1-2H3/b31-21+,32-22+. The molecule has 7 rings (SSSR count). The molecule has 0 aliphatic heterocycles. The number of hydrogen-bond donors (Lipinski definition) is 0. The van der Waals surface area contributed by atoms with Crippen molar-refractivity contribution in [2.75, 3.05) is 9.80 Å². The molecular formula is C48H36F4N2. The van der Waals surface area contributed by atoms with Crippen molar-refractivity contribution in [3.8, 4) is 0 Å². The molecular weight excluding hydrogens is 681 g/mol. The summed E-state index contributed by atoms with van der Waals surface area (Å²) in [7, 11) is 0. The second kappa shape index (κ2) is 15.9. The monoisotopic (exact) mass is 716 g/mol. The third-order valence-electron chi connectivity index (χ3n) is 9.13. The normalized spacial score (nSPS) is 11.4. The average molecular weight is 717 g/mol. The highest BCUT2D eigenvalue weighted by Gasteiger charge is 2.23. The second-order valence-corrected chi connectivity index (χ2v) is 12.9. The first kappa shape index (κ1) is 35.7. The van der Waals surface area contributed by atoms with Crippen molar-refractivity contribution in [2.24, 2.45) is 0 Å². The summed E-state index contributed by atoms with van der Waals surface area (Å²) in [6.07, 6.45) is 4.96. The average Bonchev–Trinajstić information content (AvgIpc) is 3.21. The summed E-state index contributed by atoms with van der Waals surface area (Å²) in [4.78, 5) is 4.17. The third-order valence-corrected chi connectivity index (χ3v) is 9.13. The lowest BCUT2D eigenvalue weighted by molar-refractivity contribution is 0.448. The molecule has 6 heteroatoms. The zero-order chi connectivity index (χ0) is 37.6. The Balaban J connectivity index is 1.11. The molecule has 0 fully saturated rings. The Bertz CT molecular complexity index is 2200. The molecule has 0 aromatic heterocycles. The predicted octanol–water partition coefficient (Wildman–Crippen LogP) is 14.1. The van der Waals surface area contributed by atoms with Crippen molar-refractivity contribution in [2.45, 2.75) is 13.8 Å². The number of anilines is 6. The molecule has 0 aliphatic rings. The van der Waals surface area contributed by atoms with Crippen molar-refractivity contribution < 1.29 is 17.6 Å². The van der Waals surface area contributed by atoms with E-state index in [2.05, 4.69) is 9.80 Å². The summed E-state index contributed by atoms with van der Waals surface area (Å²) in [6.45, 7) is 4.05. The molecule has 7 aromatic carbocycles. The van der Waals surface area contributed by atoms with Gasteiger partial charge in [-0.05, 0) is 110 Å². The van der Waals surface area contributed by atoms with Crippen LogP contribution in [0.3, 0.4) is 0 Å². The summed E-state index contributed by atoms with van der Waals surface area (Å²) in [6, 6.07) is 50.7. The minimum Gasteiger partial charge on any atom is -0.311 e. The van der Waals surface area contributed by atoms with Crippen LogP contribution in [0.5, 0.6) is 0 Å². The number of hydrogen-bond acceptors (Lipinski definition) is 2. The van der Waals surface area contributed by atoms with Gasteiger partial charge in [0.2, 0.25) is 0 Å². The first-order valence-electron chi connectivity index (χ1n) is 17.5. The van der Waals surface area contributed by atoms with Crippen LogP contribution in [0, 0.1) is 37.1 Å². The predicted molar refractivity (Wildman–Crippen MR) is 216 cm³/mol. The molecule has 0 radical (unpaired) electrons. The van der Waals surface area contributed by atoms with Crippen molar-refractivity contribution in [1.29, 1.82) is 0 Å². The summed E-state index contributed by atoms with van der Waals surface area (Å²) in [5, 5.41) is 0. The highest BCUT2D eigenvalue weighted by Crippen LogP contribution is 2.36. The quantitative estimate of drug-likeness (QED) is 0.0790. The molecule has 0 atom stereocenters. The maximum absolute atomic E-state index is 15.3. The zero-order valence-corrected chi connectivity index (χ0v) is 29.7. The number of aryl methyl sites for hydroxylation is 2. The van der Waals surface area contributed by atoms with Crippen LogP contribution in [0.25, 0.3) is 24.3 Å². The molecule has 7 aromatic rings. The van der Waals surface area contributed by atoms with Gasteiger partial charge in [-0.3, -0.25) is 0 Å². The van der Waals surface area contributed by atoms with Gasteiger partial charge in [-0.1, -0.05) is 108 Å². The third kappa shape index (κ3) is 7.74. The molecule has 54 heavy (non-hydrogen) atoms. The highest BCUT2D eigenvalue weighted by atomic mass is 19.2. The molecule has 2 nitrogen and oxygen atoms in total. The van der Waals surface area contributed by atoms with Gasteiger partial charge in [0.15, 0.2) is 23.3 Å². The van der Waals surface area contributed by atoms with Crippen molar-refractivity contribution in [1.82, 2.24) is 0 Å². The van der Waals surface area contributed by atoms with Crippen LogP contribution in [-0.4, -0.2) is 0 Å². The zero-order valence-electron chi connectivity index (χ0n) is 29.7. The lowest BCUT2D eigenvalue weighted by Crippen LogP contribution is -2.09. The van der Waals surface area contributed by atoms with Gasteiger partial charge in [-0.2, -0.15) is 0 Å². The van der Waals surface area contributed by atoms with Gasteiger partial charge in [0.1, 0.15) is 0 Å². The topological polar surface area (TPSA) is 6.48 Å². The van der Waals surface area contributed by atoms with Crippen LogP contribution in [0.4, 0.5) is 51.7 Å². The second-order valence-electron chi connectivity index (χ2n) is 12.9. The van der Waals surface area contributed by atoms with Crippen LogP contribution < -0.4 is 9.80 Å². The van der Waals surface area contributed by atoms with E-state index in [1.54, 1.807) is 24.3 Å². The van der Waals surface area contributed by atoms with Crippen LogP contribution in [0.1, 0.15) is 33.4 Å². The molecule has 0 heterocycles. The van der Waals surface area contributed by atoms with E-state index in [4.69, 9.17) is 0 Å². The van der Waals surface area contributed by atoms with Gasteiger partial charge in [-0.25, -0.2) is 17.6 Å². The van der Waals surface area contributed by atoms with Crippen molar-refractivity contribution in [3.05, 3.63) is 214 Å². The van der Waals surface area contributed by atoms with Gasteiger partial charge in [0.05, 0.1) is 11.1 Å². The van der Waals surface area contributed by atoms with Crippen LogP contribution >= 0.6 is 0 Å². The maximum atomic E-state index is 15.3. The summed E-state index contributed by atoms with van der Waals surface area (Å²) < 4.78 is 61.3. The summed E-state index contributed by atoms with van der Waals surface area (Å²) >= 11 is 0. The molecule has 0 saturated carbocycles. The molecule has 0 spiro atoms. The first-order valence-corrected chi connectivity index (χ1v) is 17.5. The molecule has 0 bridgehead atoms. The summed E-state index contributed by atoms with van der Waals surface area (Å²) in [5.74, 6) is -5.88. The lowest BCUT2D eigenvalue weighted by Gasteiger charge is -2.25. The van der Waals surface area contributed by atoms with E-state index in [1.807, 2.05) is 147 Å². The Labute approximate surface area is 313 Å². The fraction of sp³-hybridized carbons (Fsp3) is 0.0417. The molecule has 0 saturated heterocycles. The minimum atomic E-state index is -1.47. The molecule has 0 aliphatic carbocycles. The van der Waals surface area contributed by atoms with E-state index in [0.29, 0.717) is 11.1 Å². The van der Waals surface area contributed by atoms with Crippen LogP contribution in [0.2, 0.25) is 0 Å². The summed E-state index contributed by atoms with van der Waals surface area (Å²) in [5.41, 5.74) is 7.44. The Morgan fingerprint density at radius 1 is 0.315 bits per heavy atom.